The standard InChI is InChI=1S/C24H22ClN3O4/c1-13(2)31-20-9-8-15(11-19(20)25)24-26-23(27-32-24)17-7-5-6-16-18(12-28(4)22(16)17)14(3)10-21(29)30/h5-13H,1-4H3,(H,29,30)/b14-10-. The molecule has 2 aromatic heterocycles. The van der Waals surface area contributed by atoms with Gasteiger partial charge in [-0.2, -0.15) is 4.98 Å². The van der Waals surface area contributed by atoms with Crippen LogP contribution in [0.1, 0.15) is 26.3 Å². The number of carboxylic acids is 1. The van der Waals surface area contributed by atoms with Gasteiger partial charge in [0.25, 0.3) is 5.89 Å². The Morgan fingerprint density at radius 3 is 2.75 bits per heavy atom. The molecule has 0 saturated heterocycles. The summed E-state index contributed by atoms with van der Waals surface area (Å²) in [6.07, 6.45) is 3.11. The number of fused-ring (bicyclic) bond motifs is 1. The van der Waals surface area contributed by atoms with Crippen molar-refractivity contribution >= 4 is 34.0 Å². The van der Waals surface area contributed by atoms with Crippen molar-refractivity contribution in [2.45, 2.75) is 26.9 Å². The fraction of sp³-hybridized carbons (Fsp3) is 0.208. The predicted octanol–water partition coefficient (Wildman–Crippen LogP) is 5.82. The van der Waals surface area contributed by atoms with Crippen molar-refractivity contribution in [2.24, 2.45) is 7.05 Å². The molecule has 8 heteroatoms. The average Bonchev–Trinajstić information content (AvgIpc) is 3.34. The summed E-state index contributed by atoms with van der Waals surface area (Å²) in [6.45, 7) is 5.64. The molecule has 0 unspecified atom stereocenters. The first-order valence-corrected chi connectivity index (χ1v) is 10.4. The number of carbonyl (C=O) groups is 1. The Morgan fingerprint density at radius 1 is 1.28 bits per heavy atom. The van der Waals surface area contributed by atoms with E-state index in [0.717, 1.165) is 22.0 Å². The lowest BCUT2D eigenvalue weighted by Crippen LogP contribution is -2.05. The third-order valence-electron chi connectivity index (χ3n) is 4.97. The Morgan fingerprint density at radius 2 is 2.06 bits per heavy atom. The van der Waals surface area contributed by atoms with Crippen molar-refractivity contribution in [1.82, 2.24) is 14.7 Å². The van der Waals surface area contributed by atoms with Crippen LogP contribution in [0.2, 0.25) is 5.02 Å². The molecule has 0 amide bonds. The van der Waals surface area contributed by atoms with Gasteiger partial charge in [-0.3, -0.25) is 0 Å². The van der Waals surface area contributed by atoms with E-state index in [1.54, 1.807) is 19.1 Å². The number of hydrogen-bond donors (Lipinski definition) is 1. The summed E-state index contributed by atoms with van der Waals surface area (Å²) in [6, 6.07) is 11.1. The lowest BCUT2D eigenvalue weighted by atomic mass is 10.0. The molecular formula is C24H22ClN3O4. The topological polar surface area (TPSA) is 90.4 Å². The SMILES string of the molecule is C/C(=C/C(=O)O)c1cn(C)c2c(-c3noc(-c4ccc(OC(C)C)c(Cl)c4)n3)cccc12. The minimum Gasteiger partial charge on any atom is -0.489 e. The van der Waals surface area contributed by atoms with Crippen LogP contribution in [0, 0.1) is 0 Å². The largest absolute Gasteiger partial charge is 0.489 e. The quantitative estimate of drug-likeness (QED) is 0.371. The van der Waals surface area contributed by atoms with Crippen LogP contribution in [0.3, 0.4) is 0 Å². The molecule has 0 bridgehead atoms. The highest BCUT2D eigenvalue weighted by Gasteiger charge is 2.18. The highest BCUT2D eigenvalue weighted by molar-refractivity contribution is 6.32. The zero-order valence-electron chi connectivity index (χ0n) is 18.1. The van der Waals surface area contributed by atoms with Gasteiger partial charge in [-0.05, 0) is 50.6 Å². The normalized spacial score (nSPS) is 12.0. The van der Waals surface area contributed by atoms with Gasteiger partial charge in [-0.1, -0.05) is 28.9 Å². The van der Waals surface area contributed by atoms with E-state index >= 15 is 0 Å². The van der Waals surface area contributed by atoms with E-state index < -0.39 is 5.97 Å². The molecule has 32 heavy (non-hydrogen) atoms. The first-order valence-electron chi connectivity index (χ1n) is 10.0. The zero-order valence-corrected chi connectivity index (χ0v) is 18.8. The average molecular weight is 452 g/mol. The number of ether oxygens (including phenoxy) is 1. The number of halogens is 1. The van der Waals surface area contributed by atoms with Gasteiger partial charge >= 0.3 is 5.97 Å². The van der Waals surface area contributed by atoms with E-state index in [4.69, 9.17) is 26.0 Å². The van der Waals surface area contributed by atoms with Crippen LogP contribution in [-0.4, -0.2) is 31.9 Å². The highest BCUT2D eigenvalue weighted by Crippen LogP contribution is 2.35. The summed E-state index contributed by atoms with van der Waals surface area (Å²) in [7, 11) is 1.90. The minimum absolute atomic E-state index is 0.0120. The molecule has 0 atom stereocenters. The monoisotopic (exact) mass is 451 g/mol. The molecule has 4 aromatic rings. The lowest BCUT2D eigenvalue weighted by molar-refractivity contribution is -0.131. The molecule has 0 saturated carbocycles. The zero-order chi connectivity index (χ0) is 23.0. The van der Waals surface area contributed by atoms with Crippen molar-refractivity contribution in [3.63, 3.8) is 0 Å². The molecule has 2 heterocycles. The van der Waals surface area contributed by atoms with Crippen molar-refractivity contribution in [1.29, 1.82) is 0 Å². The third-order valence-corrected chi connectivity index (χ3v) is 5.27. The fourth-order valence-corrected chi connectivity index (χ4v) is 3.88. The van der Waals surface area contributed by atoms with E-state index in [1.807, 2.05) is 55.9 Å². The van der Waals surface area contributed by atoms with Gasteiger partial charge in [-0.25, -0.2) is 4.79 Å². The van der Waals surface area contributed by atoms with E-state index in [9.17, 15) is 4.79 Å². The van der Waals surface area contributed by atoms with Crippen LogP contribution in [0.15, 0.2) is 53.2 Å². The lowest BCUT2D eigenvalue weighted by Gasteiger charge is -2.11. The van der Waals surface area contributed by atoms with E-state index in [0.29, 0.717) is 33.6 Å². The molecular weight excluding hydrogens is 430 g/mol. The summed E-state index contributed by atoms with van der Waals surface area (Å²) in [5, 5.41) is 14.7. The second kappa shape index (κ2) is 8.51. The maximum absolute atomic E-state index is 11.1. The minimum atomic E-state index is -0.984. The van der Waals surface area contributed by atoms with E-state index in [2.05, 4.69) is 10.1 Å². The van der Waals surface area contributed by atoms with Gasteiger partial charge in [-0.15, -0.1) is 0 Å². The van der Waals surface area contributed by atoms with Crippen LogP contribution in [-0.2, 0) is 11.8 Å². The molecule has 164 valence electrons. The second-order valence-electron chi connectivity index (χ2n) is 7.76. The van der Waals surface area contributed by atoms with Gasteiger partial charge in [0.2, 0.25) is 5.82 Å². The summed E-state index contributed by atoms with van der Waals surface area (Å²) in [5.74, 6) is 0.376. The number of nitrogens with zero attached hydrogens (tertiary/aromatic N) is 3. The van der Waals surface area contributed by atoms with Crippen LogP contribution in [0.25, 0.3) is 39.3 Å². The van der Waals surface area contributed by atoms with Crippen molar-refractivity contribution < 1.29 is 19.2 Å². The van der Waals surface area contributed by atoms with E-state index in [1.165, 1.54) is 6.08 Å². The van der Waals surface area contributed by atoms with Crippen molar-refractivity contribution in [2.75, 3.05) is 0 Å². The number of hydrogen-bond acceptors (Lipinski definition) is 5. The van der Waals surface area contributed by atoms with Crippen molar-refractivity contribution in [3.8, 4) is 28.6 Å². The van der Waals surface area contributed by atoms with Gasteiger partial charge < -0.3 is 18.9 Å². The number of para-hydroxylation sites is 1. The molecule has 4 rings (SSSR count). The Kier molecular flexibility index (Phi) is 5.76. The van der Waals surface area contributed by atoms with Gasteiger partial charge in [0.1, 0.15) is 5.75 Å². The molecule has 2 aromatic carbocycles. The summed E-state index contributed by atoms with van der Waals surface area (Å²) in [4.78, 5) is 15.7. The maximum atomic E-state index is 11.1. The molecule has 0 radical (unpaired) electrons. The van der Waals surface area contributed by atoms with Crippen molar-refractivity contribution in [3.05, 3.63) is 59.3 Å². The number of benzene rings is 2. The molecule has 0 aliphatic carbocycles. The Balaban J connectivity index is 1.75. The predicted molar refractivity (Wildman–Crippen MR) is 124 cm³/mol. The molecule has 1 N–H and O–H groups in total. The molecule has 7 nitrogen and oxygen atoms in total. The van der Waals surface area contributed by atoms with Crippen LogP contribution < -0.4 is 4.74 Å². The number of aryl methyl sites for hydroxylation is 1. The summed E-state index contributed by atoms with van der Waals surface area (Å²) >= 11 is 6.35. The van der Waals surface area contributed by atoms with Crippen LogP contribution in [0.5, 0.6) is 5.75 Å². The summed E-state index contributed by atoms with van der Waals surface area (Å²) in [5.41, 5.74) is 3.84. The number of allylic oxidation sites excluding steroid dienone is 1. The Bertz CT molecular complexity index is 1350. The second-order valence-corrected chi connectivity index (χ2v) is 8.16. The fourth-order valence-electron chi connectivity index (χ4n) is 3.66. The third kappa shape index (κ3) is 4.11. The van der Waals surface area contributed by atoms with Gasteiger partial charge in [0.15, 0.2) is 0 Å². The Hall–Kier alpha value is -3.58. The highest BCUT2D eigenvalue weighted by atomic mass is 35.5. The number of carboxylic acid groups (broad SMARTS) is 1. The molecule has 0 spiro atoms. The van der Waals surface area contributed by atoms with Gasteiger partial charge in [0.05, 0.1) is 16.6 Å². The Labute approximate surface area is 189 Å². The summed E-state index contributed by atoms with van der Waals surface area (Å²) < 4.78 is 13.1. The first-order chi connectivity index (χ1) is 15.2. The van der Waals surface area contributed by atoms with E-state index in [-0.39, 0.29) is 6.10 Å². The molecule has 0 aliphatic heterocycles. The first kappa shape index (κ1) is 21.6. The van der Waals surface area contributed by atoms with Crippen LogP contribution in [0.4, 0.5) is 0 Å². The number of aromatic nitrogens is 3. The number of aliphatic carboxylic acids is 1. The molecule has 0 aliphatic rings. The van der Waals surface area contributed by atoms with Gasteiger partial charge in [0, 0.05) is 41.4 Å². The van der Waals surface area contributed by atoms with Crippen LogP contribution >= 0.6 is 11.6 Å². The number of rotatable bonds is 6. The molecule has 0 fully saturated rings. The maximum Gasteiger partial charge on any atom is 0.328 e. The smallest absolute Gasteiger partial charge is 0.328 e.